The SMILES string of the molecule is CC(C)(C)OC(=O)NCC1CN(c2ccc(N3CCN(C(=O)COCc4ccccc4)CC3)c(F)c2)C(=O)O1. The molecule has 0 saturated carbocycles. The van der Waals surface area contributed by atoms with Gasteiger partial charge in [0, 0.05) is 26.2 Å². The number of rotatable bonds is 8. The van der Waals surface area contributed by atoms with Crippen molar-refractivity contribution >= 4 is 29.5 Å². The molecule has 1 unspecified atom stereocenters. The Morgan fingerprint density at radius 3 is 2.46 bits per heavy atom. The molecule has 0 spiro atoms. The van der Waals surface area contributed by atoms with E-state index in [-0.39, 0.29) is 25.6 Å². The number of nitrogens with zero attached hydrogens (tertiary/aromatic N) is 3. The molecule has 2 aliphatic rings. The van der Waals surface area contributed by atoms with Gasteiger partial charge in [-0.25, -0.2) is 14.0 Å². The maximum Gasteiger partial charge on any atom is 0.414 e. The van der Waals surface area contributed by atoms with Gasteiger partial charge in [0.05, 0.1) is 31.1 Å². The van der Waals surface area contributed by atoms with E-state index in [9.17, 15) is 14.4 Å². The van der Waals surface area contributed by atoms with Crippen molar-refractivity contribution in [2.75, 3.05) is 55.7 Å². The Kier molecular flexibility index (Phi) is 8.90. The van der Waals surface area contributed by atoms with E-state index in [4.69, 9.17) is 14.2 Å². The predicted molar refractivity (Wildman–Crippen MR) is 143 cm³/mol. The molecule has 2 aromatic carbocycles. The largest absolute Gasteiger partial charge is 0.444 e. The Balaban J connectivity index is 1.25. The van der Waals surface area contributed by atoms with Gasteiger partial charge < -0.3 is 29.3 Å². The normalized spacial score (nSPS) is 17.7. The molecule has 210 valence electrons. The molecule has 0 aromatic heterocycles. The zero-order chi connectivity index (χ0) is 28.0. The average molecular weight is 543 g/mol. The lowest BCUT2D eigenvalue weighted by Crippen LogP contribution is -2.50. The van der Waals surface area contributed by atoms with Crippen LogP contribution in [0.5, 0.6) is 0 Å². The van der Waals surface area contributed by atoms with Crippen LogP contribution in [-0.2, 0) is 25.6 Å². The fourth-order valence-electron chi connectivity index (χ4n) is 4.39. The van der Waals surface area contributed by atoms with E-state index in [0.717, 1.165) is 5.56 Å². The molecule has 0 aliphatic carbocycles. The molecule has 1 atom stereocenters. The first kappa shape index (κ1) is 28.2. The van der Waals surface area contributed by atoms with Gasteiger partial charge in [-0.1, -0.05) is 30.3 Å². The number of hydrogen-bond donors (Lipinski definition) is 1. The highest BCUT2D eigenvalue weighted by atomic mass is 19.1. The van der Waals surface area contributed by atoms with Gasteiger partial charge in [0.2, 0.25) is 5.91 Å². The molecular weight excluding hydrogens is 507 g/mol. The highest BCUT2D eigenvalue weighted by molar-refractivity contribution is 5.90. The summed E-state index contributed by atoms with van der Waals surface area (Å²) >= 11 is 0. The van der Waals surface area contributed by atoms with Crippen LogP contribution in [0.2, 0.25) is 0 Å². The molecule has 2 aliphatic heterocycles. The number of benzene rings is 2. The summed E-state index contributed by atoms with van der Waals surface area (Å²) in [6.45, 7) is 7.75. The van der Waals surface area contributed by atoms with Gasteiger partial charge in [0.1, 0.15) is 24.1 Å². The van der Waals surface area contributed by atoms with Crippen molar-refractivity contribution < 1.29 is 33.0 Å². The molecule has 0 radical (unpaired) electrons. The van der Waals surface area contributed by atoms with Gasteiger partial charge in [0.15, 0.2) is 0 Å². The van der Waals surface area contributed by atoms with Gasteiger partial charge >= 0.3 is 12.2 Å². The summed E-state index contributed by atoms with van der Waals surface area (Å²) in [5.74, 6) is -0.564. The Labute approximate surface area is 227 Å². The lowest BCUT2D eigenvalue weighted by atomic mass is 10.2. The molecule has 4 rings (SSSR count). The number of carbonyl (C=O) groups is 3. The van der Waals surface area contributed by atoms with Crippen LogP contribution in [0.3, 0.4) is 0 Å². The number of nitrogens with one attached hydrogen (secondary N) is 1. The van der Waals surface area contributed by atoms with Crippen LogP contribution < -0.4 is 15.1 Å². The molecular formula is C28H35FN4O6. The van der Waals surface area contributed by atoms with Crippen molar-refractivity contribution in [3.63, 3.8) is 0 Å². The van der Waals surface area contributed by atoms with Crippen molar-refractivity contribution in [3.05, 3.63) is 59.9 Å². The van der Waals surface area contributed by atoms with Crippen LogP contribution in [0.25, 0.3) is 0 Å². The van der Waals surface area contributed by atoms with E-state index < -0.39 is 29.7 Å². The first-order valence-electron chi connectivity index (χ1n) is 13.0. The van der Waals surface area contributed by atoms with Crippen molar-refractivity contribution in [2.24, 2.45) is 0 Å². The third-order valence-electron chi connectivity index (χ3n) is 6.30. The number of cyclic esters (lactones) is 1. The standard InChI is InChI=1S/C28H35FN4O6/c1-28(2,3)39-26(35)30-16-22-17-33(27(36)38-22)21-9-10-24(23(29)15-21)31-11-13-32(14-12-31)25(34)19-37-18-20-7-5-4-6-8-20/h4-10,15,22H,11-14,16-19H2,1-3H3,(H,30,35). The summed E-state index contributed by atoms with van der Waals surface area (Å²) in [4.78, 5) is 41.7. The minimum atomic E-state index is -0.638. The molecule has 3 amide bonds. The number of halogens is 1. The minimum Gasteiger partial charge on any atom is -0.444 e. The second kappa shape index (κ2) is 12.3. The second-order valence-electron chi connectivity index (χ2n) is 10.5. The smallest absolute Gasteiger partial charge is 0.414 e. The number of alkyl carbamates (subject to hydrolysis) is 1. The Morgan fingerprint density at radius 2 is 1.79 bits per heavy atom. The van der Waals surface area contributed by atoms with Crippen LogP contribution >= 0.6 is 0 Å². The predicted octanol–water partition coefficient (Wildman–Crippen LogP) is 3.54. The maximum atomic E-state index is 15.1. The van der Waals surface area contributed by atoms with Gasteiger partial charge in [0.25, 0.3) is 0 Å². The summed E-state index contributed by atoms with van der Waals surface area (Å²) in [5, 5.41) is 2.59. The van der Waals surface area contributed by atoms with E-state index in [1.165, 1.54) is 11.0 Å². The van der Waals surface area contributed by atoms with Crippen molar-refractivity contribution in [3.8, 4) is 0 Å². The first-order valence-corrected chi connectivity index (χ1v) is 13.0. The fraction of sp³-hybridized carbons (Fsp3) is 0.464. The Hall–Kier alpha value is -3.86. The average Bonchev–Trinajstić information content (AvgIpc) is 3.27. The lowest BCUT2D eigenvalue weighted by Gasteiger charge is -2.36. The van der Waals surface area contributed by atoms with E-state index in [2.05, 4.69) is 5.32 Å². The molecule has 2 fully saturated rings. The van der Waals surface area contributed by atoms with Crippen LogP contribution in [-0.4, -0.2) is 80.6 Å². The first-order chi connectivity index (χ1) is 18.6. The molecule has 11 heteroatoms. The number of hydrogen-bond acceptors (Lipinski definition) is 7. The van der Waals surface area contributed by atoms with Gasteiger partial charge in [-0.05, 0) is 44.5 Å². The van der Waals surface area contributed by atoms with Crippen LogP contribution in [0.15, 0.2) is 48.5 Å². The number of anilines is 2. The fourth-order valence-corrected chi connectivity index (χ4v) is 4.39. The third-order valence-corrected chi connectivity index (χ3v) is 6.30. The number of amides is 3. The summed E-state index contributed by atoms with van der Waals surface area (Å²) in [5.41, 5.74) is 1.14. The molecule has 1 N–H and O–H groups in total. The Bertz CT molecular complexity index is 1160. The molecule has 10 nitrogen and oxygen atoms in total. The second-order valence-corrected chi connectivity index (χ2v) is 10.5. The molecule has 2 saturated heterocycles. The van der Waals surface area contributed by atoms with Crippen molar-refractivity contribution in [2.45, 2.75) is 39.1 Å². The zero-order valence-corrected chi connectivity index (χ0v) is 22.5. The van der Waals surface area contributed by atoms with Gasteiger partial charge in [-0.2, -0.15) is 0 Å². The van der Waals surface area contributed by atoms with E-state index >= 15 is 4.39 Å². The minimum absolute atomic E-state index is 0.00181. The summed E-state index contributed by atoms with van der Waals surface area (Å²) in [6, 6.07) is 14.3. The molecule has 2 heterocycles. The van der Waals surface area contributed by atoms with E-state index in [1.807, 2.05) is 35.2 Å². The number of ether oxygens (including phenoxy) is 3. The lowest BCUT2D eigenvalue weighted by molar-refractivity contribution is -0.136. The summed E-state index contributed by atoms with van der Waals surface area (Å²) in [6.07, 6.45) is -1.80. The van der Waals surface area contributed by atoms with Crippen LogP contribution in [0.1, 0.15) is 26.3 Å². The Morgan fingerprint density at radius 1 is 1.08 bits per heavy atom. The number of carbonyl (C=O) groups excluding carboxylic acids is 3. The van der Waals surface area contributed by atoms with Gasteiger partial charge in [-0.3, -0.25) is 9.69 Å². The summed E-state index contributed by atoms with van der Waals surface area (Å²) in [7, 11) is 0. The topological polar surface area (TPSA) is 101 Å². The highest BCUT2D eigenvalue weighted by Gasteiger charge is 2.33. The van der Waals surface area contributed by atoms with Crippen molar-refractivity contribution in [1.29, 1.82) is 0 Å². The van der Waals surface area contributed by atoms with E-state index in [1.54, 1.807) is 37.8 Å². The molecule has 0 bridgehead atoms. The monoisotopic (exact) mass is 542 g/mol. The quantitative estimate of drug-likeness (QED) is 0.545. The van der Waals surface area contributed by atoms with Crippen LogP contribution in [0, 0.1) is 5.82 Å². The third kappa shape index (κ3) is 7.82. The zero-order valence-electron chi connectivity index (χ0n) is 22.5. The molecule has 39 heavy (non-hydrogen) atoms. The van der Waals surface area contributed by atoms with Crippen molar-refractivity contribution in [1.82, 2.24) is 10.2 Å². The molecule has 2 aromatic rings. The highest BCUT2D eigenvalue weighted by Crippen LogP contribution is 2.28. The van der Waals surface area contributed by atoms with Crippen LogP contribution in [0.4, 0.5) is 25.4 Å². The van der Waals surface area contributed by atoms with Gasteiger partial charge in [-0.15, -0.1) is 0 Å². The van der Waals surface area contributed by atoms with E-state index in [0.29, 0.717) is 44.2 Å². The maximum absolute atomic E-state index is 15.1. The summed E-state index contributed by atoms with van der Waals surface area (Å²) < 4.78 is 31.2. The number of piperazine rings is 1.